The van der Waals surface area contributed by atoms with Crippen molar-refractivity contribution in [2.75, 3.05) is 12.9 Å². The van der Waals surface area contributed by atoms with E-state index in [2.05, 4.69) is 32.6 Å². The minimum Gasteiger partial charge on any atom is -0.465 e. The molecule has 0 spiro atoms. The van der Waals surface area contributed by atoms with Gasteiger partial charge >= 0.3 is 5.97 Å². The Morgan fingerprint density at radius 3 is 2.86 bits per heavy atom. The first-order valence-electron chi connectivity index (χ1n) is 9.22. The van der Waals surface area contributed by atoms with Gasteiger partial charge in [-0.15, -0.1) is 11.3 Å². The molecule has 8 heteroatoms. The zero-order valence-corrected chi connectivity index (χ0v) is 19.7. The molecule has 0 fully saturated rings. The predicted molar refractivity (Wildman–Crippen MR) is 127 cm³/mol. The van der Waals surface area contributed by atoms with Crippen LogP contribution < -0.4 is 5.56 Å². The van der Waals surface area contributed by atoms with Crippen LogP contribution in [-0.4, -0.2) is 28.8 Å². The van der Waals surface area contributed by atoms with Gasteiger partial charge < -0.3 is 9.72 Å². The summed E-state index contributed by atoms with van der Waals surface area (Å²) >= 11 is 5.33. The molecule has 5 nitrogen and oxygen atoms in total. The van der Waals surface area contributed by atoms with E-state index in [1.165, 1.54) is 23.3 Å². The number of halogens is 1. The van der Waals surface area contributed by atoms with E-state index in [0.29, 0.717) is 15.7 Å². The molecule has 3 rings (SSSR count). The van der Waals surface area contributed by atoms with Gasteiger partial charge in [-0.2, -0.15) is 0 Å². The summed E-state index contributed by atoms with van der Waals surface area (Å²) in [5.74, 6) is 0.628. The molecule has 0 saturated heterocycles. The summed E-state index contributed by atoms with van der Waals surface area (Å²) in [5, 5.41) is 0.660. The van der Waals surface area contributed by atoms with E-state index in [1.54, 1.807) is 17.8 Å². The van der Waals surface area contributed by atoms with Crippen molar-refractivity contribution >= 4 is 51.7 Å². The van der Waals surface area contributed by atoms with Crippen molar-refractivity contribution in [3.8, 4) is 11.3 Å². The molecule has 0 bridgehead atoms. The number of methoxy groups -OCH3 is 1. The Kier molecular flexibility index (Phi) is 8.31. The number of thioether (sulfide) groups is 1. The zero-order chi connectivity index (χ0) is 20.6. The van der Waals surface area contributed by atoms with E-state index in [4.69, 9.17) is 4.74 Å². The summed E-state index contributed by atoms with van der Waals surface area (Å²) in [4.78, 5) is 32.8. The number of rotatable bonds is 9. The molecule has 1 N–H and O–H groups in total. The molecule has 2 aromatic heterocycles. The topological polar surface area (TPSA) is 72.0 Å². The first kappa shape index (κ1) is 22.0. The lowest BCUT2D eigenvalue weighted by Gasteiger charge is -2.05. The zero-order valence-electron chi connectivity index (χ0n) is 15.9. The number of carbonyl (C=O) groups excluding carboxylic acids is 1. The number of hydrogen-bond donors (Lipinski definition) is 1. The largest absolute Gasteiger partial charge is 0.465 e. The average Bonchev–Trinajstić information content (AvgIpc) is 3.18. The molecule has 0 radical (unpaired) electrons. The van der Waals surface area contributed by atoms with Crippen LogP contribution in [0.15, 0.2) is 52.4 Å². The summed E-state index contributed by atoms with van der Waals surface area (Å²) < 4.78 is 5.85. The number of aromatic nitrogens is 2. The highest BCUT2D eigenvalue weighted by molar-refractivity contribution is 14.1. The Morgan fingerprint density at radius 2 is 2.07 bits per heavy atom. The molecule has 3 aromatic rings. The van der Waals surface area contributed by atoms with Crippen molar-refractivity contribution < 1.29 is 9.53 Å². The summed E-state index contributed by atoms with van der Waals surface area (Å²) in [7, 11) is 1.40. The summed E-state index contributed by atoms with van der Waals surface area (Å²) in [6.07, 6.45) is 4.15. The van der Waals surface area contributed by atoms with Crippen LogP contribution >= 0.6 is 45.7 Å². The highest BCUT2D eigenvalue weighted by Gasteiger charge is 2.09. The Balaban J connectivity index is 1.45. The molecule has 0 unspecified atom stereocenters. The third-order valence-electron chi connectivity index (χ3n) is 4.19. The molecule has 1 aromatic carbocycles. The summed E-state index contributed by atoms with van der Waals surface area (Å²) in [6, 6.07) is 13.3. The van der Waals surface area contributed by atoms with Crippen LogP contribution in [0, 0.1) is 3.57 Å². The van der Waals surface area contributed by atoms with Crippen LogP contribution in [0.4, 0.5) is 0 Å². The second-order valence-corrected chi connectivity index (χ2v) is 9.86. The Hall–Kier alpha value is -1.65. The molecular formula is C21H21IN2O3S2. The number of aromatic amines is 1. The number of esters is 1. The van der Waals surface area contributed by atoms with Crippen LogP contribution in [0.1, 0.15) is 33.8 Å². The SMILES string of the molecule is COC(=O)c1ccc(CCCCCSc2nc(-c3cccc(I)c3)cc(=O)[nH]2)s1. The fourth-order valence-corrected chi connectivity index (χ4v) is 5.16. The summed E-state index contributed by atoms with van der Waals surface area (Å²) in [6.45, 7) is 0. The third kappa shape index (κ3) is 6.68. The van der Waals surface area contributed by atoms with Gasteiger partial charge in [0.05, 0.1) is 12.8 Å². The minimum atomic E-state index is -0.272. The summed E-state index contributed by atoms with van der Waals surface area (Å²) in [5.41, 5.74) is 1.52. The molecule has 2 heterocycles. The molecule has 0 atom stereocenters. The number of nitrogens with one attached hydrogen (secondary N) is 1. The van der Waals surface area contributed by atoms with Crippen LogP contribution in [0.3, 0.4) is 0 Å². The average molecular weight is 540 g/mol. The highest BCUT2D eigenvalue weighted by atomic mass is 127. The first-order chi connectivity index (χ1) is 14.0. The normalized spacial score (nSPS) is 10.8. The quantitative estimate of drug-likeness (QED) is 0.130. The standard InChI is InChI=1S/C21H21IN2O3S2/c1-27-20(26)18-10-9-16(29-18)8-3-2-4-11-28-21-23-17(13-19(25)24-21)14-6-5-7-15(22)12-14/h5-7,9-10,12-13H,2-4,8,11H2,1H3,(H,23,24,25). The van der Waals surface area contributed by atoms with Crippen LogP contribution in [0.25, 0.3) is 11.3 Å². The van der Waals surface area contributed by atoms with Crippen LogP contribution in [-0.2, 0) is 11.2 Å². The monoisotopic (exact) mass is 540 g/mol. The molecule has 0 saturated carbocycles. The molecule has 152 valence electrons. The smallest absolute Gasteiger partial charge is 0.348 e. The lowest BCUT2D eigenvalue weighted by molar-refractivity contribution is 0.0606. The van der Waals surface area contributed by atoms with E-state index in [-0.39, 0.29) is 11.5 Å². The van der Waals surface area contributed by atoms with Gasteiger partial charge in [0.2, 0.25) is 0 Å². The van der Waals surface area contributed by atoms with Crippen molar-refractivity contribution in [3.05, 3.63) is 66.1 Å². The fourth-order valence-electron chi connectivity index (χ4n) is 2.77. The van der Waals surface area contributed by atoms with Gasteiger partial charge in [0.1, 0.15) is 4.88 Å². The number of H-pyrrole nitrogens is 1. The van der Waals surface area contributed by atoms with E-state index in [0.717, 1.165) is 40.6 Å². The second kappa shape index (κ2) is 10.9. The lowest BCUT2D eigenvalue weighted by Crippen LogP contribution is -2.08. The van der Waals surface area contributed by atoms with E-state index >= 15 is 0 Å². The number of ether oxygens (including phenoxy) is 1. The van der Waals surface area contributed by atoms with E-state index in [9.17, 15) is 9.59 Å². The van der Waals surface area contributed by atoms with Crippen LogP contribution in [0.5, 0.6) is 0 Å². The minimum absolute atomic E-state index is 0.129. The molecule has 29 heavy (non-hydrogen) atoms. The van der Waals surface area contributed by atoms with Crippen molar-refractivity contribution in [2.45, 2.75) is 30.8 Å². The molecule has 0 aliphatic carbocycles. The maximum absolute atomic E-state index is 12.0. The fraction of sp³-hybridized carbons (Fsp3) is 0.286. The van der Waals surface area contributed by atoms with Crippen molar-refractivity contribution in [3.63, 3.8) is 0 Å². The number of nitrogens with zero attached hydrogens (tertiary/aromatic N) is 1. The molecular weight excluding hydrogens is 519 g/mol. The van der Waals surface area contributed by atoms with E-state index < -0.39 is 0 Å². The number of aryl methyl sites for hydroxylation is 1. The van der Waals surface area contributed by atoms with Gasteiger partial charge in [-0.25, -0.2) is 9.78 Å². The van der Waals surface area contributed by atoms with Gasteiger partial charge in [0.25, 0.3) is 5.56 Å². The van der Waals surface area contributed by atoms with Crippen molar-refractivity contribution in [1.29, 1.82) is 0 Å². The highest BCUT2D eigenvalue weighted by Crippen LogP contribution is 2.22. The molecule has 0 amide bonds. The predicted octanol–water partition coefficient (Wildman–Crippen LogP) is 5.39. The maximum atomic E-state index is 12.0. The number of hydrogen-bond acceptors (Lipinski definition) is 6. The van der Waals surface area contributed by atoms with Crippen molar-refractivity contribution in [2.24, 2.45) is 0 Å². The Bertz CT molecular complexity index is 1030. The number of thiophene rings is 1. The number of carbonyl (C=O) groups is 1. The van der Waals surface area contributed by atoms with Gasteiger partial charge in [0, 0.05) is 25.8 Å². The third-order valence-corrected chi connectivity index (χ3v) is 6.95. The molecule has 0 aliphatic heterocycles. The van der Waals surface area contributed by atoms with E-state index in [1.807, 2.05) is 36.4 Å². The van der Waals surface area contributed by atoms with Crippen LogP contribution in [0.2, 0.25) is 0 Å². The van der Waals surface area contributed by atoms with Gasteiger partial charge in [0.15, 0.2) is 5.16 Å². The van der Waals surface area contributed by atoms with Gasteiger partial charge in [-0.05, 0) is 66.1 Å². The van der Waals surface area contributed by atoms with Gasteiger partial charge in [-0.1, -0.05) is 30.3 Å². The van der Waals surface area contributed by atoms with Crippen molar-refractivity contribution in [1.82, 2.24) is 9.97 Å². The van der Waals surface area contributed by atoms with Gasteiger partial charge in [-0.3, -0.25) is 4.79 Å². The maximum Gasteiger partial charge on any atom is 0.348 e. The number of benzene rings is 1. The Morgan fingerprint density at radius 1 is 1.21 bits per heavy atom. The first-order valence-corrected chi connectivity index (χ1v) is 12.1. The number of unbranched alkanes of at least 4 members (excludes halogenated alkanes) is 2. The Labute approximate surface area is 191 Å². The molecule has 0 aliphatic rings. The second-order valence-electron chi connectivity index (χ2n) is 6.36. The lowest BCUT2D eigenvalue weighted by atomic mass is 10.1.